The van der Waals surface area contributed by atoms with E-state index in [1.165, 1.54) is 0 Å². The summed E-state index contributed by atoms with van der Waals surface area (Å²) in [5.41, 5.74) is 7.15. The maximum absolute atomic E-state index is 12.5. The predicted octanol–water partition coefficient (Wildman–Crippen LogP) is 2.92. The molecule has 1 aliphatic heterocycles. The van der Waals surface area contributed by atoms with Crippen LogP contribution in [0, 0.1) is 0 Å². The maximum atomic E-state index is 12.5. The zero-order valence-corrected chi connectivity index (χ0v) is 13.3. The topological polar surface area (TPSA) is 58.7 Å². The molecule has 0 bridgehead atoms. The van der Waals surface area contributed by atoms with Gasteiger partial charge < -0.3 is 10.6 Å². The third-order valence-electron chi connectivity index (χ3n) is 3.55. The molecular formula is C16H18ClF2N3O. The van der Waals surface area contributed by atoms with Gasteiger partial charge in [-0.05, 0) is 18.4 Å². The van der Waals surface area contributed by atoms with Gasteiger partial charge in [-0.2, -0.15) is 0 Å². The van der Waals surface area contributed by atoms with Crippen molar-refractivity contribution < 1.29 is 13.6 Å². The average molecular weight is 342 g/mol. The Morgan fingerprint density at radius 2 is 2.04 bits per heavy atom. The van der Waals surface area contributed by atoms with E-state index in [-0.39, 0.29) is 17.4 Å². The standard InChI is InChI=1S/C16H18ClF2N3O/c17-15(21-9-11-5-2-1-3-6-11)12-7-4-8-22(10-13(18)19)16(23)14(12)20/h1-3,5-6,13H,4,7-10,20H2. The summed E-state index contributed by atoms with van der Waals surface area (Å²) in [5, 5.41) is 0.165. The van der Waals surface area contributed by atoms with E-state index in [9.17, 15) is 13.6 Å². The van der Waals surface area contributed by atoms with Crippen LogP contribution in [0.2, 0.25) is 0 Å². The molecule has 0 aromatic heterocycles. The molecule has 0 saturated heterocycles. The van der Waals surface area contributed by atoms with Crippen LogP contribution >= 0.6 is 11.6 Å². The second-order valence-electron chi connectivity index (χ2n) is 5.23. The number of hydrogen-bond donors (Lipinski definition) is 1. The lowest BCUT2D eigenvalue weighted by atomic mass is 10.1. The van der Waals surface area contributed by atoms with E-state index in [1.807, 2.05) is 30.3 Å². The van der Waals surface area contributed by atoms with E-state index in [4.69, 9.17) is 17.3 Å². The Hall–Kier alpha value is -1.95. The summed E-state index contributed by atoms with van der Waals surface area (Å²) >= 11 is 6.19. The van der Waals surface area contributed by atoms with Crippen LogP contribution in [-0.4, -0.2) is 35.5 Å². The van der Waals surface area contributed by atoms with Crippen LogP contribution in [-0.2, 0) is 11.3 Å². The zero-order chi connectivity index (χ0) is 16.8. The van der Waals surface area contributed by atoms with Gasteiger partial charge >= 0.3 is 0 Å². The number of nitrogens with zero attached hydrogens (tertiary/aromatic N) is 2. The molecule has 0 saturated carbocycles. The number of benzene rings is 1. The first-order chi connectivity index (χ1) is 11.0. The Morgan fingerprint density at radius 3 is 2.70 bits per heavy atom. The van der Waals surface area contributed by atoms with Gasteiger partial charge in [-0.15, -0.1) is 0 Å². The molecule has 0 spiro atoms. The highest BCUT2D eigenvalue weighted by Gasteiger charge is 2.26. The van der Waals surface area contributed by atoms with Gasteiger partial charge in [-0.3, -0.25) is 9.79 Å². The molecular weight excluding hydrogens is 324 g/mol. The van der Waals surface area contributed by atoms with Gasteiger partial charge in [-0.1, -0.05) is 41.9 Å². The fourth-order valence-corrected chi connectivity index (χ4v) is 2.63. The first-order valence-corrected chi connectivity index (χ1v) is 7.67. The molecule has 0 aliphatic carbocycles. The lowest BCUT2D eigenvalue weighted by molar-refractivity contribution is -0.128. The lowest BCUT2D eigenvalue weighted by Crippen LogP contribution is -2.37. The van der Waals surface area contributed by atoms with Gasteiger partial charge in [0.05, 0.1) is 13.1 Å². The van der Waals surface area contributed by atoms with Crippen LogP contribution in [0.25, 0.3) is 0 Å². The fraction of sp³-hybridized carbons (Fsp3) is 0.375. The van der Waals surface area contributed by atoms with Crippen molar-refractivity contribution in [3.8, 4) is 0 Å². The summed E-state index contributed by atoms with van der Waals surface area (Å²) in [6, 6.07) is 9.51. The van der Waals surface area contributed by atoms with Gasteiger partial charge in [-0.25, -0.2) is 8.78 Å². The molecule has 1 amide bonds. The Kier molecular flexibility index (Phi) is 6.10. The number of carbonyl (C=O) groups excluding carboxylic acids is 1. The van der Waals surface area contributed by atoms with Crippen molar-refractivity contribution in [2.75, 3.05) is 13.1 Å². The summed E-state index contributed by atoms with van der Waals surface area (Å²) in [4.78, 5) is 17.5. The Bertz CT molecular complexity index is 617. The van der Waals surface area contributed by atoms with E-state index >= 15 is 0 Å². The molecule has 0 fully saturated rings. The normalized spacial score (nSPS) is 17.0. The monoisotopic (exact) mass is 341 g/mol. The highest BCUT2D eigenvalue weighted by molar-refractivity contribution is 6.69. The number of carbonyl (C=O) groups is 1. The fourth-order valence-electron chi connectivity index (χ4n) is 2.38. The number of rotatable bonds is 5. The Labute approximate surface area is 138 Å². The Morgan fingerprint density at radius 1 is 1.35 bits per heavy atom. The molecule has 2 N–H and O–H groups in total. The van der Waals surface area contributed by atoms with E-state index < -0.39 is 18.9 Å². The predicted molar refractivity (Wildman–Crippen MR) is 86.5 cm³/mol. The van der Waals surface area contributed by atoms with Crippen LogP contribution in [0.4, 0.5) is 8.78 Å². The van der Waals surface area contributed by atoms with Crippen molar-refractivity contribution in [3.63, 3.8) is 0 Å². The maximum Gasteiger partial charge on any atom is 0.270 e. The molecule has 1 aliphatic rings. The van der Waals surface area contributed by atoms with Crippen molar-refractivity contribution in [1.29, 1.82) is 0 Å². The number of hydrogen-bond acceptors (Lipinski definition) is 3. The third kappa shape index (κ3) is 4.76. The highest BCUT2D eigenvalue weighted by Crippen LogP contribution is 2.20. The molecule has 1 heterocycles. The molecule has 0 unspecified atom stereocenters. The molecule has 2 rings (SSSR count). The van der Waals surface area contributed by atoms with E-state index in [1.54, 1.807) is 0 Å². The number of nitrogens with two attached hydrogens (primary N) is 1. The molecule has 124 valence electrons. The van der Waals surface area contributed by atoms with Gasteiger partial charge in [0.1, 0.15) is 10.9 Å². The number of alkyl halides is 2. The van der Waals surface area contributed by atoms with E-state index in [2.05, 4.69) is 4.99 Å². The van der Waals surface area contributed by atoms with Crippen molar-refractivity contribution in [3.05, 3.63) is 47.2 Å². The first kappa shape index (κ1) is 17.4. The minimum absolute atomic E-state index is 0.0926. The van der Waals surface area contributed by atoms with Crippen LogP contribution in [0.15, 0.2) is 46.6 Å². The molecule has 4 nitrogen and oxygen atoms in total. The molecule has 7 heteroatoms. The Balaban J connectivity index is 2.16. The summed E-state index contributed by atoms with van der Waals surface area (Å²) in [6.45, 7) is -0.0206. The van der Waals surface area contributed by atoms with Crippen molar-refractivity contribution in [1.82, 2.24) is 4.90 Å². The molecule has 0 atom stereocenters. The molecule has 1 aromatic carbocycles. The van der Waals surface area contributed by atoms with Crippen LogP contribution in [0.5, 0.6) is 0 Å². The number of halogens is 3. The van der Waals surface area contributed by atoms with Crippen molar-refractivity contribution >= 4 is 22.7 Å². The van der Waals surface area contributed by atoms with Crippen LogP contribution in [0.1, 0.15) is 18.4 Å². The zero-order valence-electron chi connectivity index (χ0n) is 12.5. The van der Waals surface area contributed by atoms with Crippen molar-refractivity contribution in [2.45, 2.75) is 25.8 Å². The average Bonchev–Trinajstić information content (AvgIpc) is 2.67. The lowest BCUT2D eigenvalue weighted by Gasteiger charge is -2.20. The minimum atomic E-state index is -2.59. The minimum Gasteiger partial charge on any atom is -0.394 e. The summed E-state index contributed by atoms with van der Waals surface area (Å²) in [6.07, 6.45) is -1.63. The molecule has 23 heavy (non-hydrogen) atoms. The highest BCUT2D eigenvalue weighted by atomic mass is 35.5. The summed E-state index contributed by atoms with van der Waals surface area (Å²) < 4.78 is 25.0. The number of aliphatic imine (C=N–C) groups is 1. The largest absolute Gasteiger partial charge is 0.394 e. The third-order valence-corrected chi connectivity index (χ3v) is 3.90. The van der Waals surface area contributed by atoms with E-state index in [0.29, 0.717) is 25.0 Å². The SMILES string of the molecule is NC1=C(C(Cl)=NCc2ccccc2)CCCN(CC(F)F)C1=O. The quantitative estimate of drug-likeness (QED) is 0.837. The smallest absolute Gasteiger partial charge is 0.270 e. The summed E-state index contributed by atoms with van der Waals surface area (Å²) in [7, 11) is 0. The van der Waals surface area contributed by atoms with Gasteiger partial charge in [0.2, 0.25) is 0 Å². The van der Waals surface area contributed by atoms with Crippen molar-refractivity contribution in [2.24, 2.45) is 10.7 Å². The van der Waals surface area contributed by atoms with Crippen LogP contribution < -0.4 is 5.73 Å². The van der Waals surface area contributed by atoms with Gasteiger partial charge in [0.15, 0.2) is 0 Å². The summed E-state index contributed by atoms with van der Waals surface area (Å²) in [5.74, 6) is -0.606. The molecule has 1 aromatic rings. The van der Waals surface area contributed by atoms with Gasteiger partial charge in [0, 0.05) is 12.1 Å². The number of amides is 1. The second kappa shape index (κ2) is 8.06. The molecule has 0 radical (unpaired) electrons. The van der Waals surface area contributed by atoms with E-state index in [0.717, 1.165) is 10.5 Å². The number of allylic oxidation sites excluding steroid dienone is 1. The van der Waals surface area contributed by atoms with Gasteiger partial charge in [0.25, 0.3) is 12.3 Å². The first-order valence-electron chi connectivity index (χ1n) is 7.29. The van der Waals surface area contributed by atoms with Crippen LogP contribution in [0.3, 0.4) is 0 Å². The second-order valence-corrected chi connectivity index (χ2v) is 5.59.